The standard InChI is InChI=1S/C15H20FNOS/c1-10(17-19(18)15(2,3)4)13-9-12(11-5-6-11)7-8-14(13)16/h7-9,11,17H,1,5-6H2,2-4H3. The van der Waals surface area contributed by atoms with E-state index in [1.807, 2.05) is 32.9 Å². The summed E-state index contributed by atoms with van der Waals surface area (Å²) >= 11 is 0. The number of halogens is 1. The lowest BCUT2D eigenvalue weighted by atomic mass is 10.1. The van der Waals surface area contributed by atoms with Gasteiger partial charge >= 0.3 is 0 Å². The maximum Gasteiger partial charge on any atom is 0.132 e. The Morgan fingerprint density at radius 3 is 2.58 bits per heavy atom. The SMILES string of the molecule is C=C(NS(=O)C(C)(C)C)c1cc(C2CC2)ccc1F. The molecule has 104 valence electrons. The van der Waals surface area contributed by atoms with Crippen LogP contribution in [0.15, 0.2) is 24.8 Å². The van der Waals surface area contributed by atoms with Gasteiger partial charge in [0.1, 0.15) is 16.8 Å². The van der Waals surface area contributed by atoms with Crippen molar-refractivity contribution in [2.24, 2.45) is 0 Å². The molecule has 0 aromatic heterocycles. The first-order valence-corrected chi connectivity index (χ1v) is 7.61. The summed E-state index contributed by atoms with van der Waals surface area (Å²) in [5, 5.41) is 0. The van der Waals surface area contributed by atoms with E-state index in [9.17, 15) is 8.60 Å². The highest BCUT2D eigenvalue weighted by atomic mass is 32.2. The normalized spacial score (nSPS) is 17.1. The van der Waals surface area contributed by atoms with Crippen LogP contribution in [0.2, 0.25) is 0 Å². The number of benzene rings is 1. The van der Waals surface area contributed by atoms with Crippen molar-refractivity contribution in [2.45, 2.75) is 44.3 Å². The van der Waals surface area contributed by atoms with E-state index in [2.05, 4.69) is 11.3 Å². The molecule has 0 aliphatic heterocycles. The van der Waals surface area contributed by atoms with E-state index in [1.54, 1.807) is 0 Å². The highest BCUT2D eigenvalue weighted by Crippen LogP contribution is 2.40. The molecule has 1 aromatic carbocycles. The van der Waals surface area contributed by atoms with Gasteiger partial charge in [0.15, 0.2) is 0 Å². The largest absolute Gasteiger partial charge is 0.305 e. The van der Waals surface area contributed by atoms with Gasteiger partial charge in [-0.15, -0.1) is 0 Å². The Balaban J connectivity index is 2.18. The summed E-state index contributed by atoms with van der Waals surface area (Å²) in [5.41, 5.74) is 1.94. The molecule has 1 aromatic rings. The van der Waals surface area contributed by atoms with E-state index in [1.165, 1.54) is 18.9 Å². The van der Waals surface area contributed by atoms with Gasteiger partial charge in [-0.2, -0.15) is 0 Å². The Bertz CT molecular complexity index is 529. The van der Waals surface area contributed by atoms with Crippen LogP contribution < -0.4 is 4.72 Å². The van der Waals surface area contributed by atoms with Gasteiger partial charge in [-0.3, -0.25) is 0 Å². The molecule has 4 heteroatoms. The van der Waals surface area contributed by atoms with Crippen LogP contribution in [0.3, 0.4) is 0 Å². The van der Waals surface area contributed by atoms with Crippen molar-refractivity contribution in [3.63, 3.8) is 0 Å². The summed E-state index contributed by atoms with van der Waals surface area (Å²) in [6.07, 6.45) is 2.33. The molecule has 0 bridgehead atoms. The van der Waals surface area contributed by atoms with Crippen LogP contribution in [0, 0.1) is 5.82 Å². The molecular formula is C15H20FNOS. The smallest absolute Gasteiger partial charge is 0.132 e. The fourth-order valence-corrected chi connectivity index (χ4v) is 2.40. The van der Waals surface area contributed by atoms with Gasteiger partial charge in [0.05, 0.1) is 4.75 Å². The van der Waals surface area contributed by atoms with E-state index in [-0.39, 0.29) is 5.82 Å². The van der Waals surface area contributed by atoms with Crippen LogP contribution in [0.4, 0.5) is 4.39 Å². The van der Waals surface area contributed by atoms with Crippen LogP contribution in [0.1, 0.15) is 50.7 Å². The molecule has 1 saturated carbocycles. The quantitative estimate of drug-likeness (QED) is 0.895. The second-order valence-electron chi connectivity index (χ2n) is 5.98. The van der Waals surface area contributed by atoms with Crippen molar-refractivity contribution >= 4 is 16.7 Å². The Hall–Kier alpha value is -1.16. The molecule has 1 aliphatic carbocycles. The maximum absolute atomic E-state index is 13.9. The van der Waals surface area contributed by atoms with E-state index >= 15 is 0 Å². The topological polar surface area (TPSA) is 29.1 Å². The fourth-order valence-electron chi connectivity index (χ4n) is 1.76. The van der Waals surface area contributed by atoms with Crippen molar-refractivity contribution in [3.8, 4) is 0 Å². The lowest BCUT2D eigenvalue weighted by molar-refractivity contribution is 0.621. The van der Waals surface area contributed by atoms with Gasteiger partial charge in [-0.25, -0.2) is 8.60 Å². The molecule has 1 atom stereocenters. The zero-order valence-electron chi connectivity index (χ0n) is 11.6. The molecule has 0 heterocycles. The number of hydrogen-bond acceptors (Lipinski definition) is 1. The van der Waals surface area contributed by atoms with E-state index in [4.69, 9.17) is 0 Å². The number of nitrogens with one attached hydrogen (secondary N) is 1. The molecular weight excluding hydrogens is 261 g/mol. The minimum absolute atomic E-state index is 0.326. The number of hydrogen-bond donors (Lipinski definition) is 1. The lowest BCUT2D eigenvalue weighted by Gasteiger charge is -2.20. The summed E-state index contributed by atoms with van der Waals surface area (Å²) in [7, 11) is -1.29. The minimum Gasteiger partial charge on any atom is -0.305 e. The molecule has 1 fully saturated rings. The van der Waals surface area contributed by atoms with Gasteiger partial charge in [0, 0.05) is 11.3 Å². The van der Waals surface area contributed by atoms with Gasteiger partial charge in [-0.1, -0.05) is 12.6 Å². The molecule has 0 saturated heterocycles. The predicted octanol–water partition coefficient (Wildman–Crippen LogP) is 3.73. The molecule has 2 nitrogen and oxygen atoms in total. The highest BCUT2D eigenvalue weighted by Gasteiger charge is 2.25. The first kappa shape index (κ1) is 14.3. The van der Waals surface area contributed by atoms with Crippen molar-refractivity contribution < 1.29 is 8.60 Å². The van der Waals surface area contributed by atoms with Crippen LogP contribution in [0.25, 0.3) is 5.70 Å². The Labute approximate surface area is 116 Å². The molecule has 19 heavy (non-hydrogen) atoms. The lowest BCUT2D eigenvalue weighted by Crippen LogP contribution is -2.32. The van der Waals surface area contributed by atoms with E-state index in [0.29, 0.717) is 17.2 Å². The first-order valence-electron chi connectivity index (χ1n) is 6.46. The third kappa shape index (κ3) is 3.44. The van der Waals surface area contributed by atoms with Crippen LogP contribution in [0.5, 0.6) is 0 Å². The second kappa shape index (κ2) is 5.08. The zero-order valence-corrected chi connectivity index (χ0v) is 12.4. The van der Waals surface area contributed by atoms with Crippen LogP contribution in [-0.2, 0) is 11.0 Å². The average molecular weight is 281 g/mol. The third-order valence-electron chi connectivity index (χ3n) is 3.14. The molecule has 2 rings (SSSR count). The molecule has 0 radical (unpaired) electrons. The van der Waals surface area contributed by atoms with E-state index < -0.39 is 15.7 Å². The van der Waals surface area contributed by atoms with Crippen molar-refractivity contribution in [1.82, 2.24) is 4.72 Å². The molecule has 0 spiro atoms. The minimum atomic E-state index is -1.29. The van der Waals surface area contributed by atoms with Crippen molar-refractivity contribution in [1.29, 1.82) is 0 Å². The molecule has 1 aliphatic rings. The van der Waals surface area contributed by atoms with Crippen LogP contribution >= 0.6 is 0 Å². The first-order chi connectivity index (χ1) is 8.79. The zero-order chi connectivity index (χ0) is 14.2. The summed E-state index contributed by atoms with van der Waals surface area (Å²) in [6, 6.07) is 5.11. The Morgan fingerprint density at radius 1 is 1.42 bits per heavy atom. The van der Waals surface area contributed by atoms with Crippen molar-refractivity contribution in [3.05, 3.63) is 41.7 Å². The molecule has 0 amide bonds. The summed E-state index contributed by atoms with van der Waals surface area (Å²) < 4.78 is 28.3. The maximum atomic E-state index is 13.9. The van der Waals surface area contributed by atoms with E-state index in [0.717, 1.165) is 5.56 Å². The average Bonchev–Trinajstić information content (AvgIpc) is 3.12. The fraction of sp³-hybridized carbons (Fsp3) is 0.467. The van der Waals surface area contributed by atoms with Gasteiger partial charge in [0.2, 0.25) is 0 Å². The van der Waals surface area contributed by atoms with Crippen molar-refractivity contribution in [2.75, 3.05) is 0 Å². The number of rotatable bonds is 4. The Kier molecular flexibility index (Phi) is 3.81. The van der Waals surface area contributed by atoms with Crippen LogP contribution in [-0.4, -0.2) is 8.96 Å². The molecule has 1 N–H and O–H groups in total. The second-order valence-corrected chi connectivity index (χ2v) is 7.94. The summed E-state index contributed by atoms with van der Waals surface area (Å²) in [4.78, 5) is 0. The molecule has 1 unspecified atom stereocenters. The van der Waals surface area contributed by atoms with Gasteiger partial charge < -0.3 is 4.72 Å². The third-order valence-corrected chi connectivity index (χ3v) is 4.68. The summed E-state index contributed by atoms with van der Waals surface area (Å²) in [6.45, 7) is 9.40. The monoisotopic (exact) mass is 281 g/mol. The summed E-state index contributed by atoms with van der Waals surface area (Å²) in [5.74, 6) is 0.230. The highest BCUT2D eigenvalue weighted by molar-refractivity contribution is 7.84. The Morgan fingerprint density at radius 2 is 2.05 bits per heavy atom. The predicted molar refractivity (Wildman–Crippen MR) is 78.4 cm³/mol. The van der Waals surface area contributed by atoms with Gasteiger partial charge in [0.25, 0.3) is 0 Å². The van der Waals surface area contributed by atoms with Gasteiger partial charge in [-0.05, 0) is 57.2 Å².